The molecule has 1 aliphatic heterocycles. The number of aromatic nitrogens is 2. The number of rotatable bonds is 4. The lowest BCUT2D eigenvalue weighted by molar-refractivity contribution is 0.133. The van der Waals surface area contributed by atoms with E-state index < -0.39 is 0 Å². The minimum absolute atomic E-state index is 0.121. The zero-order valence-corrected chi connectivity index (χ0v) is 12.3. The summed E-state index contributed by atoms with van der Waals surface area (Å²) in [7, 11) is 0. The second-order valence-corrected chi connectivity index (χ2v) is 6.10. The lowest BCUT2D eigenvalue weighted by Crippen LogP contribution is -2.26. The zero-order valence-electron chi connectivity index (χ0n) is 12.3. The Bertz CT molecular complexity index is 479. The van der Waals surface area contributed by atoms with Crippen LogP contribution in [0.1, 0.15) is 31.7 Å². The number of nitrogens with zero attached hydrogens (tertiary/aromatic N) is 3. The lowest BCUT2D eigenvalue weighted by Gasteiger charge is -2.21. The molecule has 20 heavy (non-hydrogen) atoms. The van der Waals surface area contributed by atoms with Crippen molar-refractivity contribution in [3.05, 3.63) is 11.8 Å². The standard InChI is InChI=1S/C15H24N4O/c1-3-6-16-15-17-7-10(2)14(18-15)19-8-11-4-5-13(20)12(11)9-19/h7,11-13,20H,3-6,8-9H2,1-2H3,(H,16,17,18). The van der Waals surface area contributed by atoms with Gasteiger partial charge in [0.1, 0.15) is 5.82 Å². The monoisotopic (exact) mass is 276 g/mol. The van der Waals surface area contributed by atoms with Crippen LogP contribution in [-0.4, -0.2) is 40.8 Å². The molecule has 3 atom stereocenters. The molecule has 1 saturated heterocycles. The molecule has 2 fully saturated rings. The van der Waals surface area contributed by atoms with Gasteiger partial charge in [-0.1, -0.05) is 6.92 Å². The third-order valence-electron chi connectivity index (χ3n) is 4.60. The van der Waals surface area contributed by atoms with Crippen LogP contribution in [0.2, 0.25) is 0 Å². The van der Waals surface area contributed by atoms with Gasteiger partial charge in [-0.25, -0.2) is 4.98 Å². The van der Waals surface area contributed by atoms with Gasteiger partial charge < -0.3 is 15.3 Å². The van der Waals surface area contributed by atoms with E-state index in [0.717, 1.165) is 50.3 Å². The van der Waals surface area contributed by atoms with Crippen molar-refractivity contribution in [2.24, 2.45) is 11.8 Å². The summed E-state index contributed by atoms with van der Waals surface area (Å²) in [5, 5.41) is 13.3. The van der Waals surface area contributed by atoms with E-state index in [1.165, 1.54) is 0 Å². The molecule has 1 aliphatic carbocycles. The molecule has 0 aromatic carbocycles. The fourth-order valence-electron chi connectivity index (χ4n) is 3.48. The quantitative estimate of drug-likeness (QED) is 0.878. The summed E-state index contributed by atoms with van der Waals surface area (Å²) in [6, 6.07) is 0. The zero-order chi connectivity index (χ0) is 14.1. The summed E-state index contributed by atoms with van der Waals surface area (Å²) < 4.78 is 0. The molecule has 2 aliphatic rings. The van der Waals surface area contributed by atoms with Crippen LogP contribution in [0.25, 0.3) is 0 Å². The van der Waals surface area contributed by atoms with Crippen molar-refractivity contribution >= 4 is 11.8 Å². The fourth-order valence-corrected chi connectivity index (χ4v) is 3.48. The summed E-state index contributed by atoms with van der Waals surface area (Å²) >= 11 is 0. The first-order chi connectivity index (χ1) is 9.69. The molecular formula is C15H24N4O. The Kier molecular flexibility index (Phi) is 3.78. The molecule has 5 nitrogen and oxygen atoms in total. The van der Waals surface area contributed by atoms with Gasteiger partial charge in [-0.3, -0.25) is 0 Å². The third kappa shape index (κ3) is 2.46. The van der Waals surface area contributed by atoms with Crippen LogP contribution in [0.3, 0.4) is 0 Å². The second-order valence-electron chi connectivity index (χ2n) is 6.10. The molecule has 0 amide bonds. The molecule has 0 spiro atoms. The third-order valence-corrected chi connectivity index (χ3v) is 4.60. The summed E-state index contributed by atoms with van der Waals surface area (Å²) in [6.45, 7) is 7.03. The maximum absolute atomic E-state index is 10.0. The van der Waals surface area contributed by atoms with Crippen LogP contribution in [0.4, 0.5) is 11.8 Å². The number of hydrogen-bond acceptors (Lipinski definition) is 5. The number of anilines is 2. The van der Waals surface area contributed by atoms with Crippen LogP contribution in [0, 0.1) is 18.8 Å². The molecule has 2 heterocycles. The van der Waals surface area contributed by atoms with Crippen molar-refractivity contribution in [1.29, 1.82) is 0 Å². The van der Waals surface area contributed by atoms with Gasteiger partial charge in [0.05, 0.1) is 6.10 Å². The average molecular weight is 276 g/mol. The van der Waals surface area contributed by atoms with Gasteiger partial charge in [0.15, 0.2) is 0 Å². The first-order valence-electron chi connectivity index (χ1n) is 7.69. The highest BCUT2D eigenvalue weighted by molar-refractivity contribution is 5.50. The van der Waals surface area contributed by atoms with E-state index >= 15 is 0 Å². The predicted molar refractivity (Wildman–Crippen MR) is 80.0 cm³/mol. The highest BCUT2D eigenvalue weighted by Gasteiger charge is 2.42. The van der Waals surface area contributed by atoms with E-state index in [1.807, 2.05) is 6.20 Å². The van der Waals surface area contributed by atoms with Crippen molar-refractivity contribution in [3.8, 4) is 0 Å². The minimum atomic E-state index is -0.121. The normalized spacial score (nSPS) is 28.8. The Hall–Kier alpha value is -1.36. The number of aliphatic hydroxyl groups is 1. The van der Waals surface area contributed by atoms with Crippen molar-refractivity contribution in [2.45, 2.75) is 39.2 Å². The number of aliphatic hydroxyl groups excluding tert-OH is 1. The number of nitrogens with one attached hydrogen (secondary N) is 1. The first-order valence-corrected chi connectivity index (χ1v) is 7.69. The van der Waals surface area contributed by atoms with Gasteiger partial charge in [-0.05, 0) is 32.1 Å². The molecule has 2 N–H and O–H groups in total. The van der Waals surface area contributed by atoms with Gasteiger partial charge in [0, 0.05) is 37.3 Å². The highest BCUT2D eigenvalue weighted by atomic mass is 16.3. The van der Waals surface area contributed by atoms with E-state index in [4.69, 9.17) is 0 Å². The van der Waals surface area contributed by atoms with Crippen molar-refractivity contribution in [1.82, 2.24) is 9.97 Å². The van der Waals surface area contributed by atoms with E-state index in [1.54, 1.807) is 0 Å². The maximum atomic E-state index is 10.0. The molecule has 0 radical (unpaired) electrons. The van der Waals surface area contributed by atoms with E-state index in [2.05, 4.69) is 34.0 Å². The van der Waals surface area contributed by atoms with Crippen LogP contribution < -0.4 is 10.2 Å². The summed E-state index contributed by atoms with van der Waals surface area (Å²) in [4.78, 5) is 11.3. The molecule has 110 valence electrons. The molecule has 3 rings (SSSR count). The molecule has 3 unspecified atom stereocenters. The van der Waals surface area contributed by atoms with Crippen LogP contribution in [0.15, 0.2) is 6.20 Å². The molecular weight excluding hydrogens is 252 g/mol. The molecule has 5 heteroatoms. The predicted octanol–water partition coefficient (Wildman–Crippen LogP) is 1.81. The number of fused-ring (bicyclic) bond motifs is 1. The Morgan fingerprint density at radius 3 is 3.00 bits per heavy atom. The number of aryl methyl sites for hydroxylation is 1. The average Bonchev–Trinajstić information content (AvgIpc) is 3.00. The van der Waals surface area contributed by atoms with Crippen molar-refractivity contribution in [3.63, 3.8) is 0 Å². The molecule has 1 aromatic rings. The second kappa shape index (κ2) is 5.56. The van der Waals surface area contributed by atoms with Gasteiger partial charge in [0.2, 0.25) is 5.95 Å². The van der Waals surface area contributed by atoms with E-state index in [-0.39, 0.29) is 6.10 Å². The SMILES string of the molecule is CCCNc1ncc(C)c(N2CC3CCC(O)C3C2)n1. The van der Waals surface area contributed by atoms with Crippen molar-refractivity contribution in [2.75, 3.05) is 29.9 Å². The van der Waals surface area contributed by atoms with Crippen LogP contribution >= 0.6 is 0 Å². The Labute approximate surface area is 120 Å². The molecule has 1 aromatic heterocycles. The first kappa shape index (κ1) is 13.6. The fraction of sp³-hybridized carbons (Fsp3) is 0.733. The minimum Gasteiger partial charge on any atom is -0.393 e. The van der Waals surface area contributed by atoms with Crippen molar-refractivity contribution < 1.29 is 5.11 Å². The van der Waals surface area contributed by atoms with E-state index in [0.29, 0.717) is 17.8 Å². The van der Waals surface area contributed by atoms with Crippen LogP contribution in [0.5, 0.6) is 0 Å². The Balaban J connectivity index is 1.76. The molecule has 0 bridgehead atoms. The maximum Gasteiger partial charge on any atom is 0.224 e. The largest absolute Gasteiger partial charge is 0.393 e. The molecule has 1 saturated carbocycles. The van der Waals surface area contributed by atoms with E-state index in [9.17, 15) is 5.11 Å². The summed E-state index contributed by atoms with van der Waals surface area (Å²) in [5.74, 6) is 2.80. The summed E-state index contributed by atoms with van der Waals surface area (Å²) in [5.41, 5.74) is 1.11. The van der Waals surface area contributed by atoms with Gasteiger partial charge in [-0.15, -0.1) is 0 Å². The van der Waals surface area contributed by atoms with Gasteiger partial charge in [0.25, 0.3) is 0 Å². The Morgan fingerprint density at radius 2 is 2.25 bits per heavy atom. The Morgan fingerprint density at radius 1 is 1.40 bits per heavy atom. The van der Waals surface area contributed by atoms with Gasteiger partial charge in [-0.2, -0.15) is 4.98 Å². The smallest absolute Gasteiger partial charge is 0.224 e. The lowest BCUT2D eigenvalue weighted by atomic mass is 10.00. The number of hydrogen-bond donors (Lipinski definition) is 2. The van der Waals surface area contributed by atoms with Crippen LogP contribution in [-0.2, 0) is 0 Å². The summed E-state index contributed by atoms with van der Waals surface area (Å²) in [6.07, 6.45) is 4.95. The van der Waals surface area contributed by atoms with Gasteiger partial charge >= 0.3 is 0 Å². The highest BCUT2D eigenvalue weighted by Crippen LogP contribution is 2.40. The topological polar surface area (TPSA) is 61.3 Å².